The van der Waals surface area contributed by atoms with Crippen LogP contribution in [0, 0.1) is 5.82 Å². The van der Waals surface area contributed by atoms with Gasteiger partial charge in [0, 0.05) is 24.0 Å². The summed E-state index contributed by atoms with van der Waals surface area (Å²) in [7, 11) is 0. The van der Waals surface area contributed by atoms with Crippen molar-refractivity contribution < 1.29 is 14.2 Å². The predicted molar refractivity (Wildman–Crippen MR) is 65.6 cm³/mol. The van der Waals surface area contributed by atoms with Gasteiger partial charge in [-0.1, -0.05) is 0 Å². The van der Waals surface area contributed by atoms with Crippen LogP contribution in [0.4, 0.5) is 4.39 Å². The number of aromatic nitrogens is 1. The Morgan fingerprint density at radius 3 is 2.67 bits per heavy atom. The third-order valence-corrected chi connectivity index (χ3v) is 2.57. The highest BCUT2D eigenvalue weighted by molar-refractivity contribution is 5.35. The van der Waals surface area contributed by atoms with E-state index in [-0.39, 0.29) is 5.82 Å². The molecule has 94 valence electrons. The summed E-state index contributed by atoms with van der Waals surface area (Å²) in [5.74, 6) is -0.0223. The van der Waals surface area contributed by atoms with Gasteiger partial charge in [0.15, 0.2) is 0 Å². The minimum atomic E-state index is -0.696. The zero-order valence-corrected chi connectivity index (χ0v) is 10.0. The second-order valence-electron chi connectivity index (χ2n) is 4.00. The van der Waals surface area contributed by atoms with Crippen LogP contribution in [0.2, 0.25) is 0 Å². The normalized spacial score (nSPS) is 12.2. The Labute approximate surface area is 105 Å². The lowest BCUT2D eigenvalue weighted by molar-refractivity contribution is 0.190. The van der Waals surface area contributed by atoms with E-state index >= 15 is 0 Å². The highest BCUT2D eigenvalue weighted by Crippen LogP contribution is 2.26. The Balaban J connectivity index is 2.15. The van der Waals surface area contributed by atoms with Crippen LogP contribution in [-0.2, 0) is 6.61 Å². The number of aliphatic hydroxyl groups is 1. The van der Waals surface area contributed by atoms with E-state index in [2.05, 4.69) is 4.98 Å². The van der Waals surface area contributed by atoms with E-state index in [1.54, 1.807) is 19.3 Å². The Morgan fingerprint density at radius 1 is 1.28 bits per heavy atom. The van der Waals surface area contributed by atoms with Crippen LogP contribution >= 0.6 is 0 Å². The average molecular weight is 247 g/mol. The standard InChI is InChI=1S/C14H14FNO2/c1-10(17)13-3-2-12(15)8-14(13)18-9-11-4-6-16-7-5-11/h2-8,10,17H,9H2,1H3. The summed E-state index contributed by atoms with van der Waals surface area (Å²) in [5, 5.41) is 9.58. The summed E-state index contributed by atoms with van der Waals surface area (Å²) in [6.07, 6.45) is 2.64. The average Bonchev–Trinajstić information content (AvgIpc) is 2.37. The minimum absolute atomic E-state index is 0.311. The van der Waals surface area contributed by atoms with Gasteiger partial charge in [-0.05, 0) is 36.8 Å². The van der Waals surface area contributed by atoms with Crippen molar-refractivity contribution in [2.24, 2.45) is 0 Å². The van der Waals surface area contributed by atoms with Crippen LogP contribution in [0.5, 0.6) is 5.75 Å². The van der Waals surface area contributed by atoms with Crippen LogP contribution in [0.3, 0.4) is 0 Å². The summed E-state index contributed by atoms with van der Waals surface area (Å²) >= 11 is 0. The summed E-state index contributed by atoms with van der Waals surface area (Å²) in [4.78, 5) is 3.90. The van der Waals surface area contributed by atoms with Gasteiger partial charge in [-0.15, -0.1) is 0 Å². The van der Waals surface area contributed by atoms with Crippen LogP contribution in [0.15, 0.2) is 42.7 Å². The van der Waals surface area contributed by atoms with Gasteiger partial charge in [0.25, 0.3) is 0 Å². The van der Waals surface area contributed by atoms with E-state index in [0.29, 0.717) is 17.9 Å². The maximum atomic E-state index is 13.2. The SMILES string of the molecule is CC(O)c1ccc(F)cc1OCc1ccncc1. The fourth-order valence-corrected chi connectivity index (χ4v) is 1.62. The molecule has 1 N–H and O–H groups in total. The molecule has 1 unspecified atom stereocenters. The molecule has 0 aliphatic heterocycles. The number of rotatable bonds is 4. The van der Waals surface area contributed by atoms with Gasteiger partial charge in [-0.25, -0.2) is 4.39 Å². The fraction of sp³-hybridized carbons (Fsp3) is 0.214. The molecule has 0 spiro atoms. The smallest absolute Gasteiger partial charge is 0.128 e. The van der Waals surface area contributed by atoms with Gasteiger partial charge in [0.1, 0.15) is 18.2 Å². The summed E-state index contributed by atoms with van der Waals surface area (Å²) in [5.41, 5.74) is 1.51. The maximum absolute atomic E-state index is 13.2. The Bertz CT molecular complexity index is 514. The van der Waals surface area contributed by atoms with E-state index < -0.39 is 6.10 Å². The van der Waals surface area contributed by atoms with Crippen LogP contribution < -0.4 is 4.74 Å². The molecular weight excluding hydrogens is 233 g/mol. The van der Waals surface area contributed by atoms with Crippen LogP contribution in [0.1, 0.15) is 24.2 Å². The second-order valence-corrected chi connectivity index (χ2v) is 4.00. The number of aliphatic hydroxyl groups excluding tert-OH is 1. The molecule has 4 heteroatoms. The predicted octanol–water partition coefficient (Wildman–Crippen LogP) is 2.85. The number of hydrogen-bond acceptors (Lipinski definition) is 3. The molecule has 3 nitrogen and oxygen atoms in total. The van der Waals surface area contributed by atoms with Gasteiger partial charge < -0.3 is 9.84 Å². The molecule has 0 aliphatic carbocycles. The van der Waals surface area contributed by atoms with Crippen molar-refractivity contribution in [1.29, 1.82) is 0 Å². The number of hydrogen-bond donors (Lipinski definition) is 1. The van der Waals surface area contributed by atoms with Crippen molar-refractivity contribution in [3.8, 4) is 5.75 Å². The molecule has 0 radical (unpaired) electrons. The summed E-state index contributed by atoms with van der Waals surface area (Å²) in [6.45, 7) is 1.93. The van der Waals surface area contributed by atoms with Crippen molar-refractivity contribution in [2.75, 3.05) is 0 Å². The van der Waals surface area contributed by atoms with Crippen molar-refractivity contribution in [3.05, 3.63) is 59.7 Å². The molecule has 0 fully saturated rings. The molecule has 1 aromatic heterocycles. The zero-order valence-electron chi connectivity index (χ0n) is 10.0. The van der Waals surface area contributed by atoms with Crippen molar-refractivity contribution in [3.63, 3.8) is 0 Å². The molecule has 2 rings (SSSR count). The molecule has 0 saturated carbocycles. The summed E-state index contributed by atoms with van der Waals surface area (Å²) < 4.78 is 18.7. The monoisotopic (exact) mass is 247 g/mol. The van der Waals surface area contributed by atoms with Crippen LogP contribution in [-0.4, -0.2) is 10.1 Å². The molecule has 0 bridgehead atoms. The molecule has 1 heterocycles. The lowest BCUT2D eigenvalue weighted by Crippen LogP contribution is -2.01. The van der Waals surface area contributed by atoms with Gasteiger partial charge >= 0.3 is 0 Å². The highest BCUT2D eigenvalue weighted by Gasteiger charge is 2.10. The van der Waals surface area contributed by atoms with E-state index in [1.165, 1.54) is 18.2 Å². The largest absolute Gasteiger partial charge is 0.488 e. The first-order chi connectivity index (χ1) is 8.66. The van der Waals surface area contributed by atoms with Gasteiger partial charge in [0.05, 0.1) is 6.10 Å². The summed E-state index contributed by atoms with van der Waals surface area (Å²) in [6, 6.07) is 7.76. The Hall–Kier alpha value is -1.94. The van der Waals surface area contributed by atoms with E-state index in [4.69, 9.17) is 4.74 Å². The first kappa shape index (κ1) is 12.5. The third-order valence-electron chi connectivity index (χ3n) is 2.57. The first-order valence-electron chi connectivity index (χ1n) is 5.66. The second kappa shape index (κ2) is 5.60. The van der Waals surface area contributed by atoms with Crippen molar-refractivity contribution >= 4 is 0 Å². The lowest BCUT2D eigenvalue weighted by atomic mass is 10.1. The van der Waals surface area contributed by atoms with Crippen LogP contribution in [0.25, 0.3) is 0 Å². The molecule has 18 heavy (non-hydrogen) atoms. The molecule has 0 aliphatic rings. The van der Waals surface area contributed by atoms with E-state index in [1.807, 2.05) is 12.1 Å². The first-order valence-corrected chi connectivity index (χ1v) is 5.66. The lowest BCUT2D eigenvalue weighted by Gasteiger charge is -2.13. The molecule has 2 aromatic rings. The molecule has 0 saturated heterocycles. The topological polar surface area (TPSA) is 42.4 Å². The molecule has 0 amide bonds. The van der Waals surface area contributed by atoms with Gasteiger partial charge in [-0.3, -0.25) is 4.98 Å². The minimum Gasteiger partial charge on any atom is -0.488 e. The number of halogens is 1. The third kappa shape index (κ3) is 3.05. The molecular formula is C14H14FNO2. The number of nitrogens with zero attached hydrogens (tertiary/aromatic N) is 1. The number of benzene rings is 1. The van der Waals surface area contributed by atoms with Gasteiger partial charge in [0.2, 0.25) is 0 Å². The molecule has 1 aromatic carbocycles. The van der Waals surface area contributed by atoms with E-state index in [9.17, 15) is 9.50 Å². The Morgan fingerprint density at radius 2 is 2.00 bits per heavy atom. The maximum Gasteiger partial charge on any atom is 0.128 e. The molecule has 1 atom stereocenters. The highest BCUT2D eigenvalue weighted by atomic mass is 19.1. The Kier molecular flexibility index (Phi) is 3.89. The quantitative estimate of drug-likeness (QED) is 0.903. The zero-order chi connectivity index (χ0) is 13.0. The van der Waals surface area contributed by atoms with Crippen molar-refractivity contribution in [2.45, 2.75) is 19.6 Å². The van der Waals surface area contributed by atoms with Crippen molar-refractivity contribution in [1.82, 2.24) is 4.98 Å². The number of pyridine rings is 1. The number of ether oxygens (including phenoxy) is 1. The van der Waals surface area contributed by atoms with Gasteiger partial charge in [-0.2, -0.15) is 0 Å². The van der Waals surface area contributed by atoms with E-state index in [0.717, 1.165) is 5.56 Å². The fourth-order valence-electron chi connectivity index (χ4n) is 1.62.